The van der Waals surface area contributed by atoms with Crippen molar-refractivity contribution in [2.24, 2.45) is 0 Å². The molecule has 0 aliphatic heterocycles. The van der Waals surface area contributed by atoms with Crippen LogP contribution in [-0.4, -0.2) is 26.8 Å². The van der Waals surface area contributed by atoms with Crippen molar-refractivity contribution in [3.8, 4) is 0 Å². The predicted octanol–water partition coefficient (Wildman–Crippen LogP) is 2.43. The molecule has 2 aromatic rings. The Balaban J connectivity index is 2.74. The molecule has 2 rings (SSSR count). The van der Waals surface area contributed by atoms with Gasteiger partial charge in [-0.2, -0.15) is 0 Å². The van der Waals surface area contributed by atoms with E-state index in [1.807, 2.05) is 0 Å². The van der Waals surface area contributed by atoms with Crippen LogP contribution in [0, 0.1) is 10.1 Å². The molecule has 0 bridgehead atoms. The van der Waals surface area contributed by atoms with Gasteiger partial charge in [0.2, 0.25) is 0 Å². The number of carboxylic acids is 1. The Morgan fingerprint density at radius 2 is 2.22 bits per heavy atom. The number of hydrogen-bond acceptors (Lipinski definition) is 5. The molecule has 0 saturated heterocycles. The first-order chi connectivity index (χ1) is 8.45. The smallest absolute Gasteiger partial charge is 0.353 e. The summed E-state index contributed by atoms with van der Waals surface area (Å²) in [7, 11) is 0. The largest absolute Gasteiger partial charge is 0.477 e. The van der Waals surface area contributed by atoms with Gasteiger partial charge in [0.15, 0.2) is 5.78 Å². The van der Waals surface area contributed by atoms with Gasteiger partial charge in [0.1, 0.15) is 5.69 Å². The fourth-order valence-electron chi connectivity index (χ4n) is 1.66. The average molecular weight is 268 g/mol. The molecule has 0 aromatic carbocycles. The molecule has 0 aliphatic rings. The summed E-state index contributed by atoms with van der Waals surface area (Å²) >= 11 is 0.799. The minimum atomic E-state index is -1.25. The van der Waals surface area contributed by atoms with Gasteiger partial charge in [-0.05, 0) is 0 Å². The Hall–Kier alpha value is -2.22. The molecule has 2 heterocycles. The summed E-state index contributed by atoms with van der Waals surface area (Å²) in [6.45, 7) is 1.61. The number of thiophene rings is 1. The molecule has 8 heteroatoms. The molecule has 0 radical (unpaired) electrons. The van der Waals surface area contributed by atoms with Gasteiger partial charge in [-0.25, -0.2) is 4.79 Å². The van der Waals surface area contributed by atoms with Crippen LogP contribution in [0.4, 0.5) is 5.00 Å². The summed E-state index contributed by atoms with van der Waals surface area (Å²) in [6.07, 6.45) is 0.138. The number of carboxylic acid groups (broad SMARTS) is 1. The van der Waals surface area contributed by atoms with Crippen LogP contribution in [0.5, 0.6) is 0 Å². The van der Waals surface area contributed by atoms with E-state index in [0.29, 0.717) is 10.2 Å². The molecule has 2 aromatic heterocycles. The molecule has 0 atom stereocenters. The molecule has 0 unspecified atom stereocenters. The third-order valence-electron chi connectivity index (χ3n) is 2.45. The van der Waals surface area contributed by atoms with E-state index in [1.165, 1.54) is 6.07 Å². The van der Waals surface area contributed by atoms with E-state index < -0.39 is 10.9 Å². The van der Waals surface area contributed by atoms with Crippen molar-refractivity contribution in [3.63, 3.8) is 0 Å². The lowest BCUT2D eigenvalue weighted by Crippen LogP contribution is -2.06. The van der Waals surface area contributed by atoms with Gasteiger partial charge >= 0.3 is 11.0 Å². The van der Waals surface area contributed by atoms with E-state index in [0.717, 1.165) is 11.3 Å². The number of nitrogens with one attached hydrogen (secondary N) is 1. The highest BCUT2D eigenvalue weighted by Crippen LogP contribution is 2.35. The Kier molecular flexibility index (Phi) is 2.87. The van der Waals surface area contributed by atoms with Gasteiger partial charge in [-0.15, -0.1) is 0 Å². The second-order valence-electron chi connectivity index (χ2n) is 3.54. The second-order valence-corrected chi connectivity index (χ2v) is 4.57. The predicted molar refractivity (Wildman–Crippen MR) is 64.4 cm³/mol. The summed E-state index contributed by atoms with van der Waals surface area (Å²) in [5.74, 6) is -1.60. The number of fused-ring (bicyclic) bond motifs is 1. The van der Waals surface area contributed by atoms with Crippen LogP contribution in [0.2, 0.25) is 0 Å². The average Bonchev–Trinajstić information content (AvgIpc) is 2.84. The van der Waals surface area contributed by atoms with Crippen molar-refractivity contribution < 1.29 is 19.6 Å². The first-order valence-electron chi connectivity index (χ1n) is 5.02. The molecule has 0 saturated carbocycles. The number of hydrogen-bond donors (Lipinski definition) is 2. The zero-order valence-electron chi connectivity index (χ0n) is 9.22. The van der Waals surface area contributed by atoms with Gasteiger partial charge < -0.3 is 10.1 Å². The standard InChI is InChI=1S/C10H8N2O5S/c1-2-5(13)7-8(10(14)15)11-4-3-6(12(16)17)18-9(4)7/h3,11H,2H2,1H3,(H,14,15). The van der Waals surface area contributed by atoms with E-state index in [1.54, 1.807) is 6.92 Å². The Labute approximate surface area is 104 Å². The number of ketones is 1. The number of carbonyl (C=O) groups is 2. The van der Waals surface area contributed by atoms with Crippen LogP contribution in [0.1, 0.15) is 34.2 Å². The van der Waals surface area contributed by atoms with Gasteiger partial charge in [0.05, 0.1) is 26.8 Å². The lowest BCUT2D eigenvalue weighted by Gasteiger charge is -1.96. The van der Waals surface area contributed by atoms with Gasteiger partial charge in [-0.1, -0.05) is 18.3 Å². The number of aromatic nitrogens is 1. The number of nitrogens with zero attached hydrogens (tertiary/aromatic N) is 1. The maximum Gasteiger partial charge on any atom is 0.353 e. The Morgan fingerprint density at radius 1 is 1.56 bits per heavy atom. The van der Waals surface area contributed by atoms with Crippen molar-refractivity contribution >= 4 is 38.3 Å². The number of H-pyrrole nitrogens is 1. The van der Waals surface area contributed by atoms with Gasteiger partial charge in [-0.3, -0.25) is 14.9 Å². The number of aromatic amines is 1. The highest BCUT2D eigenvalue weighted by Gasteiger charge is 2.25. The molecule has 7 nitrogen and oxygen atoms in total. The fourth-order valence-corrected chi connectivity index (χ4v) is 2.66. The van der Waals surface area contributed by atoms with Crippen LogP contribution >= 0.6 is 11.3 Å². The molecule has 0 fully saturated rings. The van der Waals surface area contributed by atoms with Crippen LogP contribution in [-0.2, 0) is 0 Å². The van der Waals surface area contributed by atoms with Crippen molar-refractivity contribution in [1.29, 1.82) is 0 Å². The van der Waals surface area contributed by atoms with Crippen molar-refractivity contribution in [3.05, 3.63) is 27.4 Å². The maximum atomic E-state index is 11.7. The van der Waals surface area contributed by atoms with Crippen LogP contribution < -0.4 is 0 Å². The molecular weight excluding hydrogens is 260 g/mol. The van der Waals surface area contributed by atoms with E-state index in [9.17, 15) is 19.7 Å². The first kappa shape index (κ1) is 12.2. The summed E-state index contributed by atoms with van der Waals surface area (Å²) in [6, 6.07) is 1.23. The van der Waals surface area contributed by atoms with Crippen LogP contribution in [0.25, 0.3) is 10.2 Å². The molecular formula is C10H8N2O5S. The maximum absolute atomic E-state index is 11.7. The van der Waals surface area contributed by atoms with Gasteiger partial charge in [0.25, 0.3) is 0 Å². The van der Waals surface area contributed by atoms with Gasteiger partial charge in [0, 0.05) is 6.42 Å². The number of rotatable bonds is 4. The van der Waals surface area contributed by atoms with Crippen molar-refractivity contribution in [1.82, 2.24) is 4.98 Å². The quantitative estimate of drug-likeness (QED) is 0.502. The normalized spacial score (nSPS) is 10.7. The molecule has 0 spiro atoms. The second kappa shape index (κ2) is 4.22. The number of carbonyl (C=O) groups excluding carboxylic acids is 1. The van der Waals surface area contributed by atoms with Crippen LogP contribution in [0.3, 0.4) is 0 Å². The molecule has 0 aliphatic carbocycles. The van der Waals surface area contributed by atoms with Crippen molar-refractivity contribution in [2.75, 3.05) is 0 Å². The zero-order valence-corrected chi connectivity index (χ0v) is 10.0. The summed E-state index contributed by atoms with van der Waals surface area (Å²) in [5, 5.41) is 19.5. The highest BCUT2D eigenvalue weighted by atomic mass is 32.1. The van der Waals surface area contributed by atoms with Crippen molar-refractivity contribution in [2.45, 2.75) is 13.3 Å². The monoisotopic (exact) mass is 268 g/mol. The fraction of sp³-hybridized carbons (Fsp3) is 0.200. The molecule has 2 N–H and O–H groups in total. The number of Topliss-reactive ketones (excluding diaryl/α,β-unsaturated/α-hetero) is 1. The highest BCUT2D eigenvalue weighted by molar-refractivity contribution is 7.22. The molecule has 0 amide bonds. The van der Waals surface area contributed by atoms with E-state index in [4.69, 9.17) is 5.11 Å². The Morgan fingerprint density at radius 3 is 2.72 bits per heavy atom. The Bertz CT molecular complexity index is 669. The first-order valence-corrected chi connectivity index (χ1v) is 5.83. The summed E-state index contributed by atoms with van der Waals surface area (Å²) in [5.41, 5.74) is 0.122. The SMILES string of the molecule is CCC(=O)c1c(C(=O)O)[nH]c2cc([N+](=O)[O-])sc12. The minimum absolute atomic E-state index is 0.0260. The topological polar surface area (TPSA) is 113 Å². The minimum Gasteiger partial charge on any atom is -0.477 e. The third-order valence-corrected chi connectivity index (χ3v) is 3.55. The zero-order chi connectivity index (χ0) is 13.4. The van der Waals surface area contributed by atoms with E-state index in [2.05, 4.69) is 4.98 Å². The van der Waals surface area contributed by atoms with E-state index >= 15 is 0 Å². The lowest BCUT2D eigenvalue weighted by molar-refractivity contribution is -0.380. The van der Waals surface area contributed by atoms with Crippen LogP contribution in [0.15, 0.2) is 6.07 Å². The third kappa shape index (κ3) is 1.76. The number of aromatic carboxylic acids is 1. The van der Waals surface area contributed by atoms with E-state index in [-0.39, 0.29) is 28.5 Å². The number of nitro groups is 1. The lowest BCUT2D eigenvalue weighted by atomic mass is 10.1. The molecule has 94 valence electrons. The molecule has 18 heavy (non-hydrogen) atoms. The summed E-state index contributed by atoms with van der Waals surface area (Å²) in [4.78, 5) is 35.4. The summed E-state index contributed by atoms with van der Waals surface area (Å²) < 4.78 is 0.325.